The lowest BCUT2D eigenvalue weighted by molar-refractivity contribution is -0.128. The van der Waals surface area contributed by atoms with Crippen LogP contribution in [-0.4, -0.2) is 18.9 Å². The third kappa shape index (κ3) is 2.25. The first-order chi connectivity index (χ1) is 12.9. The van der Waals surface area contributed by atoms with Crippen LogP contribution in [-0.2, 0) is 14.4 Å². The highest BCUT2D eigenvalue weighted by molar-refractivity contribution is 5.68. The monoisotopic (exact) mass is 366 g/mol. The van der Waals surface area contributed by atoms with Gasteiger partial charge in [0, 0.05) is 11.8 Å². The fourth-order valence-electron chi connectivity index (χ4n) is 7.55. The maximum atomic E-state index is 12.1. The first-order valence-corrected chi connectivity index (χ1v) is 10.4. The van der Waals surface area contributed by atoms with Crippen molar-refractivity contribution in [2.24, 2.45) is 45.8 Å². The van der Waals surface area contributed by atoms with Gasteiger partial charge < -0.3 is 14.4 Å². The number of allylic oxidation sites excluding steroid dienone is 2. The lowest BCUT2D eigenvalue weighted by Crippen LogP contribution is -2.55. The standard InChI is InChI=1S/C24H30O3/c1-4-24(15-27)10-7-20-21-17(14-26)12-18-11-16(13-25)5-8-22(18,2)19(21)6-9-23(20,24)3/h1,12-17,19-21H,5-11H2,2-3H3/t16-,17+,19-,20-,21+,22-,23-,24-/m0/s1. The van der Waals surface area contributed by atoms with Crippen LogP contribution in [0.5, 0.6) is 0 Å². The minimum Gasteiger partial charge on any atom is -0.303 e. The zero-order valence-electron chi connectivity index (χ0n) is 16.4. The average molecular weight is 367 g/mol. The molecule has 0 saturated heterocycles. The molecule has 4 rings (SSSR count). The van der Waals surface area contributed by atoms with Crippen LogP contribution < -0.4 is 0 Å². The van der Waals surface area contributed by atoms with Crippen molar-refractivity contribution in [1.82, 2.24) is 0 Å². The van der Waals surface area contributed by atoms with Crippen molar-refractivity contribution < 1.29 is 14.4 Å². The third-order valence-corrected chi connectivity index (χ3v) is 9.31. The number of carbonyl (C=O) groups excluding carboxylic acids is 3. The number of hydrogen-bond donors (Lipinski definition) is 0. The van der Waals surface area contributed by atoms with Gasteiger partial charge in [-0.05, 0) is 73.5 Å². The zero-order valence-corrected chi connectivity index (χ0v) is 16.4. The molecule has 0 aromatic rings. The Morgan fingerprint density at radius 2 is 1.78 bits per heavy atom. The Morgan fingerprint density at radius 1 is 1.04 bits per heavy atom. The van der Waals surface area contributed by atoms with Gasteiger partial charge in [-0.15, -0.1) is 6.42 Å². The SMILES string of the molecule is C#C[C@@]1(C=O)CC[C@H]2[C@@H]3[C@@H](C=O)C=C4C[C@@H](C=O)CC[C@]4(C)[C@H]3CC[C@@]21C. The quantitative estimate of drug-likeness (QED) is 0.431. The van der Waals surface area contributed by atoms with Gasteiger partial charge in [0.25, 0.3) is 0 Å². The van der Waals surface area contributed by atoms with Gasteiger partial charge in [-0.2, -0.15) is 0 Å². The molecule has 0 unspecified atom stereocenters. The van der Waals surface area contributed by atoms with Gasteiger partial charge in [-0.1, -0.05) is 31.4 Å². The molecule has 27 heavy (non-hydrogen) atoms. The van der Waals surface area contributed by atoms with Gasteiger partial charge in [0.15, 0.2) is 0 Å². The van der Waals surface area contributed by atoms with E-state index in [1.807, 2.05) is 0 Å². The van der Waals surface area contributed by atoms with Gasteiger partial charge in [-0.3, -0.25) is 0 Å². The molecule has 4 aliphatic carbocycles. The Kier molecular flexibility index (Phi) is 4.26. The van der Waals surface area contributed by atoms with Crippen molar-refractivity contribution in [2.75, 3.05) is 0 Å². The molecular formula is C24H30O3. The van der Waals surface area contributed by atoms with E-state index >= 15 is 0 Å². The van der Waals surface area contributed by atoms with Gasteiger partial charge >= 0.3 is 0 Å². The molecule has 0 aromatic carbocycles. The van der Waals surface area contributed by atoms with Crippen LogP contribution in [0.1, 0.15) is 58.8 Å². The van der Waals surface area contributed by atoms with Gasteiger partial charge in [-0.25, -0.2) is 0 Å². The molecule has 0 N–H and O–H groups in total. The maximum Gasteiger partial charge on any atom is 0.138 e. The molecule has 0 bridgehead atoms. The molecule has 0 radical (unpaired) electrons. The normalized spacial score (nSPS) is 51.0. The van der Waals surface area contributed by atoms with Gasteiger partial charge in [0.2, 0.25) is 0 Å². The lowest BCUT2D eigenvalue weighted by atomic mass is 9.44. The summed E-state index contributed by atoms with van der Waals surface area (Å²) in [5.41, 5.74) is 0.501. The largest absolute Gasteiger partial charge is 0.303 e. The minimum atomic E-state index is -0.684. The Morgan fingerprint density at radius 3 is 2.41 bits per heavy atom. The lowest BCUT2D eigenvalue weighted by Gasteiger charge is -2.59. The predicted octanol–water partition coefficient (Wildman–Crippen LogP) is 4.01. The fraction of sp³-hybridized carbons (Fsp3) is 0.708. The molecule has 3 heteroatoms. The second-order valence-electron chi connectivity index (χ2n) is 9.98. The van der Waals surface area contributed by atoms with Crippen LogP contribution in [0, 0.1) is 58.2 Å². The Labute approximate surface area is 162 Å². The Bertz CT molecular complexity index is 745. The van der Waals surface area contributed by atoms with Crippen molar-refractivity contribution in [3.63, 3.8) is 0 Å². The minimum absolute atomic E-state index is 0.0770. The Balaban J connectivity index is 1.78. The average Bonchev–Trinajstić information content (AvgIpc) is 2.99. The first-order valence-electron chi connectivity index (χ1n) is 10.4. The van der Waals surface area contributed by atoms with Crippen LogP contribution in [0.3, 0.4) is 0 Å². The van der Waals surface area contributed by atoms with E-state index in [4.69, 9.17) is 6.42 Å². The van der Waals surface area contributed by atoms with E-state index < -0.39 is 5.41 Å². The molecule has 8 atom stereocenters. The van der Waals surface area contributed by atoms with Crippen molar-refractivity contribution in [2.45, 2.75) is 58.8 Å². The molecular weight excluding hydrogens is 336 g/mol. The highest BCUT2D eigenvalue weighted by Gasteiger charge is 2.65. The van der Waals surface area contributed by atoms with Crippen molar-refractivity contribution in [3.8, 4) is 12.3 Å². The van der Waals surface area contributed by atoms with Crippen molar-refractivity contribution in [3.05, 3.63) is 11.6 Å². The molecule has 3 nitrogen and oxygen atoms in total. The summed E-state index contributed by atoms with van der Waals surface area (Å²) in [5.74, 6) is 3.86. The van der Waals surface area contributed by atoms with Crippen LogP contribution in [0.2, 0.25) is 0 Å². The second kappa shape index (κ2) is 6.16. The summed E-state index contributed by atoms with van der Waals surface area (Å²) in [5, 5.41) is 0. The summed E-state index contributed by atoms with van der Waals surface area (Å²) in [6, 6.07) is 0. The van der Waals surface area contributed by atoms with E-state index in [0.29, 0.717) is 11.8 Å². The van der Waals surface area contributed by atoms with E-state index in [2.05, 4.69) is 25.8 Å². The first kappa shape index (κ1) is 18.7. The molecule has 0 aliphatic heterocycles. The predicted molar refractivity (Wildman–Crippen MR) is 104 cm³/mol. The van der Waals surface area contributed by atoms with E-state index in [-0.39, 0.29) is 28.6 Å². The number of rotatable bonds is 3. The number of terminal acetylenes is 1. The summed E-state index contributed by atoms with van der Waals surface area (Å²) in [4.78, 5) is 35.5. The molecule has 0 amide bonds. The number of hydrogen-bond acceptors (Lipinski definition) is 3. The molecule has 3 fully saturated rings. The zero-order chi connectivity index (χ0) is 19.4. The number of fused-ring (bicyclic) bond motifs is 5. The fourth-order valence-corrected chi connectivity index (χ4v) is 7.55. The van der Waals surface area contributed by atoms with E-state index in [0.717, 1.165) is 63.8 Å². The van der Waals surface area contributed by atoms with Crippen LogP contribution >= 0.6 is 0 Å². The second-order valence-corrected chi connectivity index (χ2v) is 9.98. The van der Waals surface area contributed by atoms with Gasteiger partial charge in [0.1, 0.15) is 18.9 Å². The smallest absolute Gasteiger partial charge is 0.138 e. The molecule has 144 valence electrons. The molecule has 0 spiro atoms. The number of aldehydes is 3. The topological polar surface area (TPSA) is 51.2 Å². The van der Waals surface area contributed by atoms with Crippen molar-refractivity contribution >= 4 is 18.9 Å². The van der Waals surface area contributed by atoms with Gasteiger partial charge in [0.05, 0.1) is 5.41 Å². The summed E-state index contributed by atoms with van der Waals surface area (Å²) >= 11 is 0. The highest BCUT2D eigenvalue weighted by Crippen LogP contribution is 2.69. The maximum absolute atomic E-state index is 12.1. The van der Waals surface area contributed by atoms with Crippen LogP contribution in [0.4, 0.5) is 0 Å². The van der Waals surface area contributed by atoms with E-state index in [1.165, 1.54) is 5.57 Å². The summed E-state index contributed by atoms with van der Waals surface area (Å²) in [7, 11) is 0. The Hall–Kier alpha value is -1.69. The van der Waals surface area contributed by atoms with Crippen LogP contribution in [0.25, 0.3) is 0 Å². The van der Waals surface area contributed by atoms with Crippen LogP contribution in [0.15, 0.2) is 11.6 Å². The van der Waals surface area contributed by atoms with E-state index in [1.54, 1.807) is 0 Å². The van der Waals surface area contributed by atoms with E-state index in [9.17, 15) is 14.4 Å². The molecule has 4 aliphatic rings. The third-order valence-electron chi connectivity index (χ3n) is 9.31. The summed E-state index contributed by atoms with van der Waals surface area (Å²) < 4.78 is 0. The number of carbonyl (C=O) groups is 3. The molecule has 3 saturated carbocycles. The summed E-state index contributed by atoms with van der Waals surface area (Å²) in [6.45, 7) is 4.55. The summed E-state index contributed by atoms with van der Waals surface area (Å²) in [6.07, 6.45) is 17.7. The molecule has 0 heterocycles. The highest BCUT2D eigenvalue weighted by atomic mass is 16.1. The molecule has 0 aromatic heterocycles. The van der Waals surface area contributed by atoms with Crippen molar-refractivity contribution in [1.29, 1.82) is 0 Å².